The van der Waals surface area contributed by atoms with Crippen molar-refractivity contribution < 1.29 is 0 Å². The maximum atomic E-state index is 4.46. The zero-order valence-corrected chi connectivity index (χ0v) is 5.41. The first kappa shape index (κ1) is 5.30. The minimum absolute atomic E-state index is 0.622. The molecule has 0 spiro atoms. The summed E-state index contributed by atoms with van der Waals surface area (Å²) in [5.74, 6) is 0. The third-order valence-electron chi connectivity index (χ3n) is 0.0408. The van der Waals surface area contributed by atoms with Crippen molar-refractivity contribution in [2.75, 3.05) is 0 Å². The van der Waals surface area contributed by atoms with E-state index in [2.05, 4.69) is 24.1 Å². The average molecular weight is 128 g/mol. The minimum Gasteiger partial charge on any atom is -0.144 e. The molecule has 0 aliphatic carbocycles. The number of hydrogen-bond acceptors (Lipinski definition) is 2. The topological polar surface area (TPSA) is 0 Å². The Bertz CT molecular complexity index is 18.0. The van der Waals surface area contributed by atoms with Crippen molar-refractivity contribution in [1.82, 2.24) is 0 Å². The van der Waals surface area contributed by atoms with Gasteiger partial charge < -0.3 is 0 Å². The highest BCUT2D eigenvalue weighted by Gasteiger charge is 1.49. The summed E-state index contributed by atoms with van der Waals surface area (Å²) in [6.45, 7) is 0. The van der Waals surface area contributed by atoms with Crippen LogP contribution < -0.4 is 0 Å². The summed E-state index contributed by atoms with van der Waals surface area (Å²) in [6, 6.07) is 0. The van der Waals surface area contributed by atoms with Crippen molar-refractivity contribution in [2.45, 2.75) is 0 Å². The largest absolute Gasteiger partial charge is 0.144 e. The molecule has 1 atom stereocenters. The van der Waals surface area contributed by atoms with Crippen molar-refractivity contribution in [2.24, 2.45) is 0 Å². The molecule has 0 nitrogen and oxygen atoms in total. The van der Waals surface area contributed by atoms with Crippen LogP contribution in [0.15, 0.2) is 0 Å². The molecule has 24 valence electrons. The van der Waals surface area contributed by atoms with E-state index in [0.717, 1.165) is 7.04 Å². The normalized spacial score (nSPS) is 11.2. The molecule has 0 aromatic carbocycles. The molecule has 0 aliphatic rings. The number of rotatable bonds is 1. The number of thiol groups is 1. The third-order valence-corrected chi connectivity index (χ3v) is 3.31. The van der Waals surface area contributed by atoms with Crippen molar-refractivity contribution in [3.8, 4) is 0 Å². The summed E-state index contributed by atoms with van der Waals surface area (Å²) >= 11 is 8.29. The van der Waals surface area contributed by atoms with E-state index < -0.39 is 0 Å². The Balaban J connectivity index is 2.30. The molecule has 0 aromatic heterocycles. The van der Waals surface area contributed by atoms with Crippen LogP contribution in [0.4, 0.5) is 0 Å². The van der Waals surface area contributed by atoms with Gasteiger partial charge in [-0.05, 0) is 0 Å². The zero-order chi connectivity index (χ0) is 3.41. The summed E-state index contributed by atoms with van der Waals surface area (Å²) in [5, 5.41) is 0. The third kappa shape index (κ3) is 3.30. The van der Waals surface area contributed by atoms with E-state index in [-0.39, 0.29) is 0 Å². The monoisotopic (exact) mass is 128 g/mol. The number of hydrogen-bond donors (Lipinski definition) is 1. The van der Waals surface area contributed by atoms with Crippen molar-refractivity contribution in [1.29, 1.82) is 0 Å². The van der Waals surface area contributed by atoms with Gasteiger partial charge >= 0.3 is 0 Å². The van der Waals surface area contributed by atoms with Gasteiger partial charge in [-0.3, -0.25) is 0 Å². The van der Waals surface area contributed by atoms with E-state index >= 15 is 0 Å². The minimum atomic E-state index is 0.622. The van der Waals surface area contributed by atoms with Gasteiger partial charge in [0.1, 0.15) is 0 Å². The second-order valence-electron chi connectivity index (χ2n) is 0.191. The van der Waals surface area contributed by atoms with Crippen LogP contribution in [0.2, 0.25) is 0 Å². The first-order valence-electron chi connectivity index (χ1n) is 0.630. The van der Waals surface area contributed by atoms with Gasteiger partial charge in [-0.1, -0.05) is 11.8 Å². The summed E-state index contributed by atoms with van der Waals surface area (Å²) in [6.07, 6.45) is 0. The van der Waals surface area contributed by atoms with Gasteiger partial charge in [0.05, 0.1) is 0 Å². The SMILES string of the molecule is S=PPS. The van der Waals surface area contributed by atoms with Gasteiger partial charge in [-0.15, -0.1) is 12.2 Å². The molecule has 0 aromatic rings. The molecule has 1 unspecified atom stereocenters. The highest BCUT2D eigenvalue weighted by atomic mass is 32.9. The molecule has 0 bridgehead atoms. The molecule has 0 rings (SSSR count). The average Bonchev–Trinajstić information content (AvgIpc) is 1.37. The Labute approximate surface area is 39.0 Å². The van der Waals surface area contributed by atoms with E-state index in [0.29, 0.717) is 7.47 Å². The lowest BCUT2D eigenvalue weighted by atomic mass is 29.7. The van der Waals surface area contributed by atoms with Gasteiger partial charge in [-0.25, -0.2) is 0 Å². The van der Waals surface area contributed by atoms with Crippen LogP contribution in [0.5, 0.6) is 0 Å². The maximum Gasteiger partial charge on any atom is 0.00901 e. The lowest BCUT2D eigenvalue weighted by Gasteiger charge is -1.54. The van der Waals surface area contributed by atoms with E-state index in [4.69, 9.17) is 0 Å². The highest BCUT2D eigenvalue weighted by molar-refractivity contribution is 8.64. The molecule has 0 N–H and O–H groups in total. The molecule has 4 heavy (non-hydrogen) atoms. The Kier molecular flexibility index (Phi) is 5.70. The molecule has 0 saturated heterocycles. The maximum absolute atomic E-state index is 4.46. The van der Waals surface area contributed by atoms with E-state index in [1.165, 1.54) is 0 Å². The van der Waals surface area contributed by atoms with Crippen LogP contribution in [-0.2, 0) is 11.8 Å². The highest BCUT2D eigenvalue weighted by Crippen LogP contribution is 2.29. The second kappa shape index (κ2) is 4.30. The first-order chi connectivity index (χ1) is 1.91. The molecule has 0 heterocycles. The van der Waals surface area contributed by atoms with E-state index in [1.807, 2.05) is 0 Å². The Morgan fingerprint density at radius 1 is 2.00 bits per heavy atom. The molecular weight excluding hydrogens is 126 g/mol. The van der Waals surface area contributed by atoms with Crippen molar-refractivity contribution in [3.05, 3.63) is 0 Å². The fraction of sp³-hybridized carbons (Fsp3) is 0. The molecule has 4 heteroatoms. The van der Waals surface area contributed by atoms with E-state index in [9.17, 15) is 0 Å². The fourth-order valence-corrected chi connectivity index (χ4v) is 0. The van der Waals surface area contributed by atoms with Gasteiger partial charge in [0.2, 0.25) is 0 Å². The van der Waals surface area contributed by atoms with Crippen molar-refractivity contribution in [3.63, 3.8) is 0 Å². The molecule has 0 saturated carbocycles. The fourth-order valence-electron chi connectivity index (χ4n) is 0. The van der Waals surface area contributed by atoms with Gasteiger partial charge in [0, 0.05) is 14.5 Å². The van der Waals surface area contributed by atoms with Crippen LogP contribution in [-0.4, -0.2) is 0 Å². The predicted octanol–water partition coefficient (Wildman–Crippen LogP) is 1.83. The summed E-state index contributed by atoms with van der Waals surface area (Å²) < 4.78 is 0. The summed E-state index contributed by atoms with van der Waals surface area (Å²) in [7, 11) is 1.60. The lowest BCUT2D eigenvalue weighted by molar-refractivity contribution is 5.54. The molecule has 0 amide bonds. The lowest BCUT2D eigenvalue weighted by Crippen LogP contribution is -0.798. The predicted molar refractivity (Wildman–Crippen MR) is 31.6 cm³/mol. The van der Waals surface area contributed by atoms with Crippen molar-refractivity contribution >= 4 is 38.6 Å². The molecule has 0 radical (unpaired) electrons. The first-order valence-corrected chi connectivity index (χ1v) is 5.67. The smallest absolute Gasteiger partial charge is 0.00901 e. The summed E-state index contributed by atoms with van der Waals surface area (Å²) in [5.41, 5.74) is 0. The quantitative estimate of drug-likeness (QED) is 0.415. The van der Waals surface area contributed by atoms with Crippen LogP contribution >= 0.6 is 26.8 Å². The van der Waals surface area contributed by atoms with Gasteiger partial charge in [0.25, 0.3) is 0 Å². The molecule has 0 fully saturated rings. The Morgan fingerprint density at radius 2 is 2.25 bits per heavy atom. The standard InChI is InChI=1S/H2P2S2/c3-1-2-4/h1,3H. The van der Waals surface area contributed by atoms with Gasteiger partial charge in [-0.2, -0.15) is 0 Å². The summed E-state index contributed by atoms with van der Waals surface area (Å²) in [4.78, 5) is 0. The van der Waals surface area contributed by atoms with Crippen LogP contribution in [0, 0.1) is 0 Å². The Morgan fingerprint density at radius 3 is 2.25 bits per heavy atom. The van der Waals surface area contributed by atoms with E-state index in [1.54, 1.807) is 0 Å². The molecule has 0 aliphatic heterocycles. The van der Waals surface area contributed by atoms with Gasteiger partial charge in [0.15, 0.2) is 0 Å². The zero-order valence-electron chi connectivity index (χ0n) is 1.80. The van der Waals surface area contributed by atoms with Crippen LogP contribution in [0.3, 0.4) is 0 Å². The van der Waals surface area contributed by atoms with Crippen LogP contribution in [0.1, 0.15) is 0 Å². The Hall–Kier alpha value is 1.30. The molecular formula is H2P2S2. The van der Waals surface area contributed by atoms with Crippen LogP contribution in [0.25, 0.3) is 0 Å². The second-order valence-corrected chi connectivity index (χ2v) is 5.16.